The van der Waals surface area contributed by atoms with Crippen LogP contribution < -0.4 is 0 Å². The fraction of sp³-hybridized carbons (Fsp3) is 0.824. The predicted molar refractivity (Wildman–Crippen MR) is 90.2 cm³/mol. The first-order valence-corrected chi connectivity index (χ1v) is 9.64. The second-order valence-electron chi connectivity index (χ2n) is 6.26. The number of carbonyl (C=O) groups excluding carboxylic acids is 2. The highest BCUT2D eigenvalue weighted by Gasteiger charge is 2.41. The van der Waals surface area contributed by atoms with Gasteiger partial charge in [-0.15, -0.1) is 0 Å². The van der Waals surface area contributed by atoms with Gasteiger partial charge >= 0.3 is 0 Å². The molecule has 1 saturated heterocycles. The van der Waals surface area contributed by atoms with Crippen molar-refractivity contribution in [1.29, 1.82) is 0 Å². The van der Waals surface area contributed by atoms with Crippen LogP contribution in [0.15, 0.2) is 5.16 Å². The Morgan fingerprint density at radius 2 is 1.95 bits per heavy atom. The highest BCUT2D eigenvalue weighted by molar-refractivity contribution is 7.99. The van der Waals surface area contributed by atoms with E-state index in [1.165, 1.54) is 12.2 Å². The second kappa shape index (κ2) is 8.70. The van der Waals surface area contributed by atoms with E-state index in [-0.39, 0.29) is 17.5 Å². The Kier molecular flexibility index (Phi) is 6.93. The molecule has 0 spiro atoms. The van der Waals surface area contributed by atoms with Gasteiger partial charge in [0.2, 0.25) is 0 Å². The number of ketones is 2. The molecule has 22 heavy (non-hydrogen) atoms. The van der Waals surface area contributed by atoms with E-state index >= 15 is 0 Å². The lowest BCUT2D eigenvalue weighted by Gasteiger charge is -2.34. The monoisotopic (exact) mass is 325 g/mol. The van der Waals surface area contributed by atoms with E-state index in [4.69, 9.17) is 4.84 Å². The van der Waals surface area contributed by atoms with Crippen molar-refractivity contribution in [3.63, 3.8) is 0 Å². The molecular weight excluding hydrogens is 298 g/mol. The molecule has 1 atom stereocenters. The summed E-state index contributed by atoms with van der Waals surface area (Å²) in [4.78, 5) is 30.3. The maximum absolute atomic E-state index is 12.6. The van der Waals surface area contributed by atoms with Crippen LogP contribution in [0.1, 0.15) is 52.4 Å². The number of thioether (sulfide) groups is 1. The van der Waals surface area contributed by atoms with E-state index in [1.54, 1.807) is 0 Å². The molecule has 0 aromatic carbocycles. The molecule has 1 saturated carbocycles. The van der Waals surface area contributed by atoms with Crippen LogP contribution in [0.4, 0.5) is 0 Å². The Bertz CT molecular complexity index is 412. The molecule has 0 radical (unpaired) electrons. The molecule has 1 aliphatic heterocycles. The molecule has 4 nitrogen and oxygen atoms in total. The first kappa shape index (κ1) is 17.5. The number of Topliss-reactive ketones (excluding diaryl/α,β-unsaturated/α-hetero) is 2. The van der Waals surface area contributed by atoms with Crippen LogP contribution in [0.5, 0.6) is 0 Å². The minimum atomic E-state index is -0.640. The minimum Gasteiger partial charge on any atom is -0.396 e. The van der Waals surface area contributed by atoms with Gasteiger partial charge in [-0.1, -0.05) is 18.5 Å². The Balaban J connectivity index is 2.05. The Morgan fingerprint density at radius 3 is 2.50 bits per heavy atom. The zero-order valence-corrected chi connectivity index (χ0v) is 14.5. The third-order valence-corrected chi connectivity index (χ3v) is 5.82. The van der Waals surface area contributed by atoms with Crippen molar-refractivity contribution in [3.05, 3.63) is 0 Å². The first-order valence-electron chi connectivity index (χ1n) is 8.49. The summed E-state index contributed by atoms with van der Waals surface area (Å²) < 4.78 is 0. The van der Waals surface area contributed by atoms with Gasteiger partial charge in [0.15, 0.2) is 0 Å². The molecule has 2 fully saturated rings. The van der Waals surface area contributed by atoms with Gasteiger partial charge in [0.1, 0.15) is 24.1 Å². The molecule has 0 aromatic rings. The maximum Gasteiger partial charge on any atom is 0.149 e. The molecule has 1 aliphatic carbocycles. The number of carbonyl (C=O) groups is 2. The van der Waals surface area contributed by atoms with Crippen LogP contribution >= 0.6 is 11.8 Å². The number of oxime groups is 1. The summed E-state index contributed by atoms with van der Waals surface area (Å²) in [5.74, 6) is 2.58. The largest absolute Gasteiger partial charge is 0.396 e. The normalized spacial score (nSPS) is 30.5. The van der Waals surface area contributed by atoms with Crippen molar-refractivity contribution >= 4 is 29.0 Å². The lowest BCUT2D eigenvalue weighted by atomic mass is 9.72. The second-order valence-corrected chi connectivity index (χ2v) is 7.41. The van der Waals surface area contributed by atoms with E-state index in [0.29, 0.717) is 37.5 Å². The lowest BCUT2D eigenvalue weighted by molar-refractivity contribution is -0.135. The average molecular weight is 325 g/mol. The zero-order valence-electron chi connectivity index (χ0n) is 13.7. The molecule has 0 N–H and O–H groups in total. The number of hydrogen-bond acceptors (Lipinski definition) is 5. The summed E-state index contributed by atoms with van der Waals surface area (Å²) in [5.41, 5.74) is 0.635. The van der Waals surface area contributed by atoms with E-state index in [0.717, 1.165) is 18.6 Å². The molecule has 1 unspecified atom stereocenters. The number of rotatable bonds is 6. The van der Waals surface area contributed by atoms with Crippen LogP contribution in [0, 0.1) is 17.8 Å². The maximum atomic E-state index is 12.6. The van der Waals surface area contributed by atoms with Crippen LogP contribution in [0.3, 0.4) is 0 Å². The van der Waals surface area contributed by atoms with Crippen molar-refractivity contribution < 1.29 is 14.4 Å². The van der Waals surface area contributed by atoms with Gasteiger partial charge in [-0.05, 0) is 49.5 Å². The predicted octanol–water partition coefficient (Wildman–Crippen LogP) is 3.49. The van der Waals surface area contributed by atoms with Crippen LogP contribution in [-0.4, -0.2) is 35.4 Å². The first-order chi connectivity index (χ1) is 10.7. The van der Waals surface area contributed by atoms with Crippen molar-refractivity contribution in [3.8, 4) is 0 Å². The van der Waals surface area contributed by atoms with Gasteiger partial charge in [0.05, 0.1) is 5.71 Å². The van der Waals surface area contributed by atoms with Gasteiger partial charge in [0.25, 0.3) is 0 Å². The SMILES string of the molecule is CCC/C(=N\OCC)C1C(=O)CC(C2CCCSC2)CC1=O. The summed E-state index contributed by atoms with van der Waals surface area (Å²) >= 11 is 1.96. The zero-order chi connectivity index (χ0) is 15.9. The third-order valence-electron chi connectivity index (χ3n) is 4.58. The molecule has 0 amide bonds. The standard InChI is InChI=1S/C17H27NO3S/c1-3-6-14(18-21-4-2)17-15(19)9-13(10-16(17)20)12-7-5-8-22-11-12/h12-13,17H,3-11H2,1-2H3/b18-14+. The Hall–Kier alpha value is -0.840. The number of nitrogens with zero attached hydrogens (tertiary/aromatic N) is 1. The number of hydrogen-bond donors (Lipinski definition) is 0. The molecular formula is C17H27NO3S. The lowest BCUT2D eigenvalue weighted by Crippen LogP contribution is -2.41. The Morgan fingerprint density at radius 1 is 1.23 bits per heavy atom. The van der Waals surface area contributed by atoms with Gasteiger partial charge in [0, 0.05) is 12.8 Å². The fourth-order valence-corrected chi connectivity index (χ4v) is 4.77. The minimum absolute atomic E-state index is 0.0590. The van der Waals surface area contributed by atoms with Crippen molar-refractivity contribution in [2.24, 2.45) is 22.9 Å². The molecule has 1 heterocycles. The topological polar surface area (TPSA) is 55.7 Å². The van der Waals surface area contributed by atoms with Crippen LogP contribution in [0.25, 0.3) is 0 Å². The van der Waals surface area contributed by atoms with Gasteiger partial charge in [-0.2, -0.15) is 11.8 Å². The van der Waals surface area contributed by atoms with Crippen LogP contribution in [0.2, 0.25) is 0 Å². The van der Waals surface area contributed by atoms with E-state index < -0.39 is 5.92 Å². The van der Waals surface area contributed by atoms with Gasteiger partial charge in [-0.3, -0.25) is 9.59 Å². The molecule has 0 aromatic heterocycles. The smallest absolute Gasteiger partial charge is 0.149 e. The summed E-state index contributed by atoms with van der Waals surface area (Å²) in [5, 5.41) is 4.06. The highest BCUT2D eigenvalue weighted by atomic mass is 32.2. The molecule has 124 valence electrons. The van der Waals surface area contributed by atoms with Crippen LogP contribution in [-0.2, 0) is 14.4 Å². The summed E-state index contributed by atoms with van der Waals surface area (Å²) in [6.45, 7) is 4.35. The van der Waals surface area contributed by atoms with Crippen molar-refractivity contribution in [2.75, 3.05) is 18.1 Å². The Labute approximate surface area is 137 Å². The quantitative estimate of drug-likeness (QED) is 0.426. The van der Waals surface area contributed by atoms with Crippen molar-refractivity contribution in [2.45, 2.75) is 52.4 Å². The molecule has 0 bridgehead atoms. The summed E-state index contributed by atoms with van der Waals surface area (Å²) in [6.07, 6.45) is 4.98. The van der Waals surface area contributed by atoms with E-state index in [2.05, 4.69) is 5.16 Å². The van der Waals surface area contributed by atoms with E-state index in [9.17, 15) is 9.59 Å². The summed E-state index contributed by atoms with van der Waals surface area (Å²) in [6, 6.07) is 0. The van der Waals surface area contributed by atoms with Gasteiger partial charge < -0.3 is 4.84 Å². The molecule has 2 rings (SSSR count). The average Bonchev–Trinajstić information content (AvgIpc) is 2.52. The van der Waals surface area contributed by atoms with E-state index in [1.807, 2.05) is 25.6 Å². The van der Waals surface area contributed by atoms with Gasteiger partial charge in [-0.25, -0.2) is 0 Å². The fourth-order valence-electron chi connectivity index (χ4n) is 3.49. The molecule has 2 aliphatic rings. The van der Waals surface area contributed by atoms with Crippen molar-refractivity contribution in [1.82, 2.24) is 0 Å². The third kappa shape index (κ3) is 4.34. The summed E-state index contributed by atoms with van der Waals surface area (Å²) in [7, 11) is 0. The highest BCUT2D eigenvalue weighted by Crippen LogP contribution is 2.37. The molecule has 5 heteroatoms.